The summed E-state index contributed by atoms with van der Waals surface area (Å²) in [6.07, 6.45) is 2.87. The normalized spacial score (nSPS) is 10.8. The average molecular weight is 236 g/mol. The van der Waals surface area contributed by atoms with Crippen LogP contribution in [0.1, 0.15) is 31.1 Å². The molecule has 1 aromatic heterocycles. The molecule has 0 atom stereocenters. The summed E-state index contributed by atoms with van der Waals surface area (Å²) in [6, 6.07) is 1.57. The van der Waals surface area contributed by atoms with Gasteiger partial charge in [0.25, 0.3) is 0 Å². The topological polar surface area (TPSA) is 68.3 Å². The molecule has 0 fully saturated rings. The van der Waals surface area contributed by atoms with Crippen molar-refractivity contribution >= 4 is 17.6 Å². The molecule has 0 aliphatic rings. The number of carbonyl (C=O) groups excluding carboxylic acids is 2. The summed E-state index contributed by atoms with van der Waals surface area (Å²) in [5.41, 5.74) is 0.121. The fraction of sp³-hybridized carbons (Fsp3) is 0.417. The molecule has 0 radical (unpaired) electrons. The van der Waals surface area contributed by atoms with Crippen molar-refractivity contribution in [3.8, 4) is 0 Å². The Morgan fingerprint density at radius 2 is 2.00 bits per heavy atom. The number of hydrogen-bond donors (Lipinski definition) is 1. The molecule has 1 rings (SSSR count). The van der Waals surface area contributed by atoms with Gasteiger partial charge in [-0.1, -0.05) is 20.8 Å². The Labute approximate surface area is 100 Å². The monoisotopic (exact) mass is 236 g/mol. The number of nitrogens with one attached hydrogen (secondary N) is 1. The standard InChI is InChI=1S/C12H16N2O3/c1-12(2,3)11(16)14-9-5-6-13-7-8(9)10(15)17-4/h5-7H,1-4H3,(H,13,14,16). The first-order chi connectivity index (χ1) is 7.86. The number of pyridine rings is 1. The molecule has 92 valence electrons. The number of carbonyl (C=O) groups is 2. The van der Waals surface area contributed by atoms with E-state index < -0.39 is 11.4 Å². The first-order valence-electron chi connectivity index (χ1n) is 5.20. The van der Waals surface area contributed by atoms with Gasteiger partial charge in [-0.25, -0.2) is 4.79 Å². The maximum absolute atomic E-state index is 11.8. The maximum atomic E-state index is 11.8. The van der Waals surface area contributed by atoms with E-state index in [4.69, 9.17) is 0 Å². The van der Waals surface area contributed by atoms with Crippen molar-refractivity contribution in [1.29, 1.82) is 0 Å². The van der Waals surface area contributed by atoms with Crippen molar-refractivity contribution in [2.24, 2.45) is 5.41 Å². The minimum absolute atomic E-state index is 0.172. The van der Waals surface area contributed by atoms with E-state index in [1.54, 1.807) is 26.8 Å². The van der Waals surface area contributed by atoms with E-state index in [0.717, 1.165) is 0 Å². The predicted octanol–water partition coefficient (Wildman–Crippen LogP) is 1.85. The highest BCUT2D eigenvalue weighted by molar-refractivity contribution is 6.02. The average Bonchev–Trinajstić information content (AvgIpc) is 2.27. The number of esters is 1. The van der Waals surface area contributed by atoms with Crippen LogP contribution in [0.25, 0.3) is 0 Å². The molecule has 0 aliphatic heterocycles. The lowest BCUT2D eigenvalue weighted by atomic mass is 9.95. The molecule has 0 saturated carbocycles. The molecule has 0 aromatic carbocycles. The molecular weight excluding hydrogens is 220 g/mol. The van der Waals surface area contributed by atoms with Crippen molar-refractivity contribution in [3.05, 3.63) is 24.0 Å². The zero-order valence-corrected chi connectivity index (χ0v) is 10.4. The number of methoxy groups -OCH3 is 1. The van der Waals surface area contributed by atoms with Gasteiger partial charge in [0.05, 0.1) is 12.8 Å². The number of anilines is 1. The molecule has 1 heterocycles. The highest BCUT2D eigenvalue weighted by Gasteiger charge is 2.23. The number of hydrogen-bond acceptors (Lipinski definition) is 4. The quantitative estimate of drug-likeness (QED) is 0.796. The summed E-state index contributed by atoms with van der Waals surface area (Å²) in [7, 11) is 1.28. The summed E-state index contributed by atoms with van der Waals surface area (Å²) < 4.78 is 4.61. The fourth-order valence-electron chi connectivity index (χ4n) is 1.09. The molecule has 1 aromatic rings. The Balaban J connectivity index is 2.99. The van der Waals surface area contributed by atoms with Gasteiger partial charge < -0.3 is 10.1 Å². The van der Waals surface area contributed by atoms with Gasteiger partial charge in [-0.2, -0.15) is 0 Å². The lowest BCUT2D eigenvalue weighted by Crippen LogP contribution is -2.28. The van der Waals surface area contributed by atoms with Crippen LogP contribution in [0.5, 0.6) is 0 Å². The summed E-state index contributed by atoms with van der Waals surface area (Å²) >= 11 is 0. The minimum atomic E-state index is -0.531. The summed E-state index contributed by atoms with van der Waals surface area (Å²) in [4.78, 5) is 27.1. The number of ether oxygens (including phenoxy) is 1. The largest absolute Gasteiger partial charge is 0.465 e. The minimum Gasteiger partial charge on any atom is -0.465 e. The van der Waals surface area contributed by atoms with E-state index in [9.17, 15) is 9.59 Å². The highest BCUT2D eigenvalue weighted by Crippen LogP contribution is 2.20. The molecule has 1 N–H and O–H groups in total. The molecule has 0 unspecified atom stereocenters. The van der Waals surface area contributed by atoms with Crippen LogP contribution >= 0.6 is 0 Å². The van der Waals surface area contributed by atoms with Crippen molar-refractivity contribution in [2.75, 3.05) is 12.4 Å². The van der Waals surface area contributed by atoms with Crippen molar-refractivity contribution in [1.82, 2.24) is 4.98 Å². The van der Waals surface area contributed by atoms with Gasteiger partial charge in [0.1, 0.15) is 5.56 Å². The van der Waals surface area contributed by atoms with E-state index in [-0.39, 0.29) is 11.5 Å². The number of aromatic nitrogens is 1. The molecule has 1 amide bonds. The van der Waals surface area contributed by atoms with Crippen LogP contribution in [-0.2, 0) is 9.53 Å². The summed E-state index contributed by atoms with van der Waals surface area (Å²) in [5, 5.41) is 2.69. The molecule has 0 aliphatic carbocycles. The van der Waals surface area contributed by atoms with E-state index in [2.05, 4.69) is 15.0 Å². The SMILES string of the molecule is COC(=O)c1cnccc1NC(=O)C(C)(C)C. The third-order valence-corrected chi connectivity index (χ3v) is 2.16. The van der Waals surface area contributed by atoms with Crippen molar-refractivity contribution in [2.45, 2.75) is 20.8 Å². The second-order valence-electron chi connectivity index (χ2n) is 4.62. The van der Waals surface area contributed by atoms with Crippen LogP contribution in [0.2, 0.25) is 0 Å². The molecule has 0 spiro atoms. The molecule has 5 nitrogen and oxygen atoms in total. The first kappa shape index (κ1) is 13.2. The van der Waals surface area contributed by atoms with E-state index >= 15 is 0 Å². The van der Waals surface area contributed by atoms with Crippen LogP contribution in [0, 0.1) is 5.41 Å². The fourth-order valence-corrected chi connectivity index (χ4v) is 1.09. The van der Waals surface area contributed by atoms with Crippen LogP contribution < -0.4 is 5.32 Å². The van der Waals surface area contributed by atoms with E-state index in [1.165, 1.54) is 19.5 Å². The number of nitrogens with zero attached hydrogens (tertiary/aromatic N) is 1. The summed E-state index contributed by atoms with van der Waals surface area (Å²) in [5.74, 6) is -0.698. The Bertz CT molecular complexity index is 436. The Morgan fingerprint density at radius 3 is 2.53 bits per heavy atom. The second-order valence-corrected chi connectivity index (χ2v) is 4.62. The third-order valence-electron chi connectivity index (χ3n) is 2.16. The van der Waals surface area contributed by atoms with Crippen molar-refractivity contribution in [3.63, 3.8) is 0 Å². The van der Waals surface area contributed by atoms with Gasteiger partial charge in [0.2, 0.25) is 5.91 Å². The van der Waals surface area contributed by atoms with Gasteiger partial charge in [0.15, 0.2) is 0 Å². The van der Waals surface area contributed by atoms with Gasteiger partial charge in [-0.3, -0.25) is 9.78 Å². The number of rotatable bonds is 2. The second kappa shape index (κ2) is 4.95. The number of amides is 1. The third kappa shape index (κ3) is 3.27. The zero-order chi connectivity index (χ0) is 13.1. The maximum Gasteiger partial charge on any atom is 0.341 e. The Kier molecular flexibility index (Phi) is 3.83. The Morgan fingerprint density at radius 1 is 1.35 bits per heavy atom. The van der Waals surface area contributed by atoms with Crippen LogP contribution in [0.3, 0.4) is 0 Å². The highest BCUT2D eigenvalue weighted by atomic mass is 16.5. The summed E-state index contributed by atoms with van der Waals surface area (Å²) in [6.45, 7) is 5.38. The van der Waals surface area contributed by atoms with Gasteiger partial charge in [0, 0.05) is 17.8 Å². The smallest absolute Gasteiger partial charge is 0.341 e. The van der Waals surface area contributed by atoms with Gasteiger partial charge in [-0.15, -0.1) is 0 Å². The van der Waals surface area contributed by atoms with Gasteiger partial charge >= 0.3 is 5.97 Å². The molecule has 0 saturated heterocycles. The van der Waals surface area contributed by atoms with Crippen LogP contribution in [0.15, 0.2) is 18.5 Å². The van der Waals surface area contributed by atoms with Crippen LogP contribution in [0.4, 0.5) is 5.69 Å². The molecule has 5 heteroatoms. The predicted molar refractivity (Wildman–Crippen MR) is 63.7 cm³/mol. The van der Waals surface area contributed by atoms with Gasteiger partial charge in [-0.05, 0) is 6.07 Å². The molecular formula is C12H16N2O3. The lowest BCUT2D eigenvalue weighted by molar-refractivity contribution is -0.123. The lowest BCUT2D eigenvalue weighted by Gasteiger charge is -2.18. The van der Waals surface area contributed by atoms with E-state index in [1.807, 2.05) is 0 Å². The van der Waals surface area contributed by atoms with Crippen molar-refractivity contribution < 1.29 is 14.3 Å². The van der Waals surface area contributed by atoms with E-state index in [0.29, 0.717) is 5.69 Å². The zero-order valence-electron chi connectivity index (χ0n) is 10.4. The Hall–Kier alpha value is -1.91. The molecule has 17 heavy (non-hydrogen) atoms. The first-order valence-corrected chi connectivity index (χ1v) is 5.20. The van der Waals surface area contributed by atoms with Crippen LogP contribution in [-0.4, -0.2) is 24.0 Å². The molecule has 0 bridgehead atoms.